The molecule has 0 bridgehead atoms. The van der Waals surface area contributed by atoms with Crippen LogP contribution >= 0.6 is 11.6 Å². The minimum Gasteiger partial charge on any atom is -0.396 e. The van der Waals surface area contributed by atoms with Gasteiger partial charge in [-0.15, -0.1) is 0 Å². The lowest BCUT2D eigenvalue weighted by Gasteiger charge is -2.21. The van der Waals surface area contributed by atoms with Crippen LogP contribution in [0.4, 0.5) is 5.69 Å². The van der Waals surface area contributed by atoms with E-state index in [1.165, 1.54) is 0 Å². The summed E-state index contributed by atoms with van der Waals surface area (Å²) in [7, 11) is 0. The van der Waals surface area contributed by atoms with Crippen LogP contribution in [0.25, 0.3) is 0 Å². The van der Waals surface area contributed by atoms with E-state index >= 15 is 0 Å². The fraction of sp³-hybridized carbons (Fsp3) is 0.571. The zero-order valence-electron chi connectivity index (χ0n) is 10.6. The zero-order valence-corrected chi connectivity index (χ0v) is 11.4. The lowest BCUT2D eigenvalue weighted by molar-refractivity contribution is 0.199. The first-order valence-electron chi connectivity index (χ1n) is 6.45. The lowest BCUT2D eigenvalue weighted by atomic mass is 10.1. The van der Waals surface area contributed by atoms with Gasteiger partial charge in [-0.25, -0.2) is 0 Å². The zero-order chi connectivity index (χ0) is 13.1. The minimum atomic E-state index is -0.489. The molecule has 1 aliphatic heterocycles. The van der Waals surface area contributed by atoms with E-state index < -0.39 is 6.10 Å². The van der Waals surface area contributed by atoms with Crippen LogP contribution in [0.5, 0.6) is 0 Å². The molecule has 4 heteroatoms. The summed E-state index contributed by atoms with van der Waals surface area (Å²) in [5, 5.41) is 19.2. The molecule has 2 rings (SSSR count). The lowest BCUT2D eigenvalue weighted by Crippen LogP contribution is -2.20. The molecule has 0 amide bonds. The third kappa shape index (κ3) is 2.97. The average molecular weight is 270 g/mol. The van der Waals surface area contributed by atoms with Crippen LogP contribution in [0.2, 0.25) is 5.02 Å². The monoisotopic (exact) mass is 269 g/mol. The highest BCUT2D eigenvalue weighted by molar-refractivity contribution is 6.33. The molecule has 1 saturated heterocycles. The number of anilines is 1. The van der Waals surface area contributed by atoms with E-state index in [2.05, 4.69) is 4.90 Å². The van der Waals surface area contributed by atoms with Crippen molar-refractivity contribution >= 4 is 17.3 Å². The van der Waals surface area contributed by atoms with E-state index in [1.807, 2.05) is 18.2 Å². The number of hydrogen-bond acceptors (Lipinski definition) is 3. The van der Waals surface area contributed by atoms with Gasteiger partial charge in [-0.2, -0.15) is 0 Å². The molecule has 0 saturated carbocycles. The number of rotatable bonds is 4. The Balaban J connectivity index is 2.10. The van der Waals surface area contributed by atoms with E-state index in [1.54, 1.807) is 6.92 Å². The minimum absolute atomic E-state index is 0.257. The molecule has 18 heavy (non-hydrogen) atoms. The van der Waals surface area contributed by atoms with Gasteiger partial charge in [0.05, 0.1) is 16.8 Å². The van der Waals surface area contributed by atoms with Crippen molar-refractivity contribution in [3.05, 3.63) is 28.8 Å². The highest BCUT2D eigenvalue weighted by Gasteiger charge is 2.23. The molecular formula is C14H20ClNO2. The number of hydrogen-bond donors (Lipinski definition) is 2. The first-order valence-corrected chi connectivity index (χ1v) is 6.83. The fourth-order valence-electron chi connectivity index (χ4n) is 2.51. The molecule has 1 aromatic rings. The molecule has 3 nitrogen and oxygen atoms in total. The number of halogens is 1. The molecule has 100 valence electrons. The van der Waals surface area contributed by atoms with Gasteiger partial charge in [-0.3, -0.25) is 0 Å². The van der Waals surface area contributed by atoms with Crippen molar-refractivity contribution in [3.8, 4) is 0 Å². The van der Waals surface area contributed by atoms with Crippen molar-refractivity contribution in [2.75, 3.05) is 24.6 Å². The molecular weight excluding hydrogens is 250 g/mol. The second-order valence-electron chi connectivity index (χ2n) is 5.00. The molecule has 1 fully saturated rings. The molecule has 0 aliphatic carbocycles. The maximum atomic E-state index is 9.52. The van der Waals surface area contributed by atoms with Crippen LogP contribution in [0, 0.1) is 5.92 Å². The van der Waals surface area contributed by atoms with E-state index in [0.717, 1.165) is 37.2 Å². The van der Waals surface area contributed by atoms with Gasteiger partial charge in [-0.05, 0) is 43.4 Å². The topological polar surface area (TPSA) is 43.7 Å². The van der Waals surface area contributed by atoms with E-state index in [-0.39, 0.29) is 6.61 Å². The largest absolute Gasteiger partial charge is 0.396 e. The summed E-state index contributed by atoms with van der Waals surface area (Å²) in [4.78, 5) is 2.26. The van der Waals surface area contributed by atoms with Gasteiger partial charge in [0.2, 0.25) is 0 Å². The van der Waals surface area contributed by atoms with Crippen molar-refractivity contribution in [2.45, 2.75) is 25.9 Å². The first kappa shape index (κ1) is 13.7. The fourth-order valence-corrected chi connectivity index (χ4v) is 2.82. The van der Waals surface area contributed by atoms with Crippen LogP contribution in [0.15, 0.2) is 18.2 Å². The van der Waals surface area contributed by atoms with Gasteiger partial charge < -0.3 is 15.1 Å². The molecule has 1 aliphatic rings. The predicted molar refractivity (Wildman–Crippen MR) is 74.1 cm³/mol. The standard InChI is InChI=1S/C14H20ClNO2/c1-10(18)12-2-3-14(13(15)8-12)16-6-4-11(9-16)5-7-17/h2-3,8,10-11,17-18H,4-7,9H2,1H3/t10-,11?/m1/s1. The summed E-state index contributed by atoms with van der Waals surface area (Å²) >= 11 is 6.28. The Bertz CT molecular complexity index is 409. The molecule has 1 heterocycles. The Morgan fingerprint density at radius 2 is 2.28 bits per heavy atom. The van der Waals surface area contributed by atoms with Crippen molar-refractivity contribution < 1.29 is 10.2 Å². The van der Waals surface area contributed by atoms with E-state index in [4.69, 9.17) is 16.7 Å². The van der Waals surface area contributed by atoms with Crippen LogP contribution in [-0.2, 0) is 0 Å². The Kier molecular flexibility index (Phi) is 4.49. The van der Waals surface area contributed by atoms with Gasteiger partial charge in [0.1, 0.15) is 0 Å². The normalized spacial score (nSPS) is 21.3. The third-order valence-electron chi connectivity index (χ3n) is 3.62. The van der Waals surface area contributed by atoms with Crippen LogP contribution < -0.4 is 4.90 Å². The summed E-state index contributed by atoms with van der Waals surface area (Å²) in [6, 6.07) is 5.73. The van der Waals surface area contributed by atoms with Gasteiger partial charge in [-0.1, -0.05) is 17.7 Å². The molecule has 1 unspecified atom stereocenters. The SMILES string of the molecule is C[C@@H](O)c1ccc(N2CCC(CCO)C2)c(Cl)c1. The molecule has 1 aromatic carbocycles. The molecule has 0 spiro atoms. The second kappa shape index (κ2) is 5.91. The highest BCUT2D eigenvalue weighted by Crippen LogP contribution is 2.33. The summed E-state index contributed by atoms with van der Waals surface area (Å²) in [6.07, 6.45) is 1.48. The van der Waals surface area contributed by atoms with Crippen molar-refractivity contribution in [1.29, 1.82) is 0 Å². The Morgan fingerprint density at radius 1 is 1.50 bits per heavy atom. The summed E-state index contributed by atoms with van der Waals surface area (Å²) in [5.41, 5.74) is 1.87. The van der Waals surface area contributed by atoms with Gasteiger partial charge >= 0.3 is 0 Å². The first-order chi connectivity index (χ1) is 8.61. The van der Waals surface area contributed by atoms with Crippen LogP contribution in [0.3, 0.4) is 0 Å². The smallest absolute Gasteiger partial charge is 0.0762 e. The predicted octanol–water partition coefficient (Wildman–Crippen LogP) is 2.60. The maximum absolute atomic E-state index is 9.52. The van der Waals surface area contributed by atoms with Crippen LogP contribution in [0.1, 0.15) is 31.4 Å². The molecule has 2 N–H and O–H groups in total. The van der Waals surface area contributed by atoms with E-state index in [9.17, 15) is 5.11 Å². The number of benzene rings is 1. The van der Waals surface area contributed by atoms with Crippen molar-refractivity contribution in [2.24, 2.45) is 5.92 Å². The van der Waals surface area contributed by atoms with Crippen molar-refractivity contribution in [1.82, 2.24) is 0 Å². The number of aliphatic hydroxyl groups excluding tert-OH is 2. The molecule has 0 radical (unpaired) electrons. The third-order valence-corrected chi connectivity index (χ3v) is 3.92. The molecule has 2 atom stereocenters. The maximum Gasteiger partial charge on any atom is 0.0762 e. The highest BCUT2D eigenvalue weighted by atomic mass is 35.5. The number of nitrogens with zero attached hydrogens (tertiary/aromatic N) is 1. The molecule has 0 aromatic heterocycles. The van der Waals surface area contributed by atoms with E-state index in [0.29, 0.717) is 10.9 Å². The summed E-state index contributed by atoms with van der Waals surface area (Å²) in [5.74, 6) is 0.558. The quantitative estimate of drug-likeness (QED) is 0.883. The van der Waals surface area contributed by atoms with Crippen LogP contribution in [-0.4, -0.2) is 29.9 Å². The summed E-state index contributed by atoms with van der Waals surface area (Å²) < 4.78 is 0. The Labute approximate surface area is 113 Å². The summed E-state index contributed by atoms with van der Waals surface area (Å²) in [6.45, 7) is 3.93. The number of aliphatic hydroxyl groups is 2. The van der Waals surface area contributed by atoms with Crippen molar-refractivity contribution in [3.63, 3.8) is 0 Å². The average Bonchev–Trinajstić information content (AvgIpc) is 2.77. The Morgan fingerprint density at radius 3 is 2.89 bits per heavy atom. The van der Waals surface area contributed by atoms with Gasteiger partial charge in [0, 0.05) is 19.7 Å². The Hall–Kier alpha value is -0.770. The van der Waals surface area contributed by atoms with Gasteiger partial charge in [0.25, 0.3) is 0 Å². The van der Waals surface area contributed by atoms with Gasteiger partial charge in [0.15, 0.2) is 0 Å². The second-order valence-corrected chi connectivity index (χ2v) is 5.41.